The molecule has 0 aliphatic carbocycles. The number of halogens is 1. The molecule has 0 aliphatic heterocycles. The topological polar surface area (TPSA) is 55.4 Å². The van der Waals surface area contributed by atoms with Gasteiger partial charge in [0.15, 0.2) is 6.61 Å². The number of carbonyl (C=O) groups is 2. The Morgan fingerprint density at radius 2 is 1.73 bits per heavy atom. The molecule has 0 fully saturated rings. The number of amides is 1. The van der Waals surface area contributed by atoms with Crippen molar-refractivity contribution in [1.29, 1.82) is 0 Å². The SMILES string of the molecule is O=C(COC(=O)/C=C/c1ccccc1)Nc1ccccc1F. The molecule has 2 aromatic carbocycles. The Balaban J connectivity index is 1.80. The molecule has 22 heavy (non-hydrogen) atoms. The Morgan fingerprint density at radius 1 is 1.05 bits per heavy atom. The van der Waals surface area contributed by atoms with Crippen molar-refractivity contribution in [3.05, 3.63) is 72.1 Å². The lowest BCUT2D eigenvalue weighted by Crippen LogP contribution is -2.20. The molecule has 4 nitrogen and oxygen atoms in total. The van der Waals surface area contributed by atoms with E-state index < -0.39 is 24.3 Å². The van der Waals surface area contributed by atoms with Crippen LogP contribution >= 0.6 is 0 Å². The molecule has 0 aliphatic rings. The van der Waals surface area contributed by atoms with Crippen molar-refractivity contribution in [2.75, 3.05) is 11.9 Å². The van der Waals surface area contributed by atoms with E-state index in [1.165, 1.54) is 24.3 Å². The fourth-order valence-corrected chi connectivity index (χ4v) is 1.66. The zero-order valence-corrected chi connectivity index (χ0v) is 11.7. The number of benzene rings is 2. The van der Waals surface area contributed by atoms with E-state index in [1.807, 2.05) is 30.3 Å². The highest BCUT2D eigenvalue weighted by Crippen LogP contribution is 2.11. The van der Waals surface area contributed by atoms with Crippen molar-refractivity contribution in [3.63, 3.8) is 0 Å². The fourth-order valence-electron chi connectivity index (χ4n) is 1.66. The molecule has 0 bridgehead atoms. The maximum absolute atomic E-state index is 13.3. The van der Waals surface area contributed by atoms with Gasteiger partial charge in [0, 0.05) is 6.08 Å². The standard InChI is InChI=1S/C17H14FNO3/c18-14-8-4-5-9-15(14)19-16(20)12-22-17(21)11-10-13-6-2-1-3-7-13/h1-11H,12H2,(H,19,20)/b11-10+. The highest BCUT2D eigenvalue weighted by atomic mass is 19.1. The summed E-state index contributed by atoms with van der Waals surface area (Å²) in [5, 5.41) is 2.32. The molecule has 2 aromatic rings. The molecule has 0 saturated carbocycles. The number of carbonyl (C=O) groups excluding carboxylic acids is 2. The number of anilines is 1. The Bertz CT molecular complexity index is 683. The summed E-state index contributed by atoms with van der Waals surface area (Å²) in [6, 6.07) is 15.0. The van der Waals surface area contributed by atoms with Gasteiger partial charge in [-0.15, -0.1) is 0 Å². The molecule has 0 unspecified atom stereocenters. The molecule has 1 amide bonds. The van der Waals surface area contributed by atoms with Crippen LogP contribution in [-0.4, -0.2) is 18.5 Å². The average molecular weight is 299 g/mol. The molecule has 0 radical (unpaired) electrons. The van der Waals surface area contributed by atoms with Gasteiger partial charge in [-0.1, -0.05) is 42.5 Å². The maximum atomic E-state index is 13.3. The van der Waals surface area contributed by atoms with Crippen LogP contribution in [-0.2, 0) is 14.3 Å². The zero-order chi connectivity index (χ0) is 15.8. The third-order valence-electron chi connectivity index (χ3n) is 2.70. The predicted molar refractivity (Wildman–Crippen MR) is 81.5 cm³/mol. The van der Waals surface area contributed by atoms with Crippen molar-refractivity contribution >= 4 is 23.6 Å². The molecule has 2 rings (SSSR count). The second-order valence-electron chi connectivity index (χ2n) is 4.38. The summed E-state index contributed by atoms with van der Waals surface area (Å²) in [6.45, 7) is -0.480. The minimum Gasteiger partial charge on any atom is -0.452 e. The summed E-state index contributed by atoms with van der Waals surface area (Å²) < 4.78 is 18.1. The number of nitrogens with one attached hydrogen (secondary N) is 1. The van der Waals surface area contributed by atoms with E-state index in [0.717, 1.165) is 5.56 Å². The Kier molecular flexibility index (Phi) is 5.43. The Morgan fingerprint density at radius 3 is 2.45 bits per heavy atom. The molecule has 0 spiro atoms. The number of rotatable bonds is 5. The van der Waals surface area contributed by atoms with Crippen molar-refractivity contribution in [2.24, 2.45) is 0 Å². The van der Waals surface area contributed by atoms with E-state index in [9.17, 15) is 14.0 Å². The summed E-state index contributed by atoms with van der Waals surface area (Å²) in [5.74, 6) is -1.80. The third kappa shape index (κ3) is 4.86. The summed E-state index contributed by atoms with van der Waals surface area (Å²) >= 11 is 0. The van der Waals surface area contributed by atoms with Crippen LogP contribution in [0.5, 0.6) is 0 Å². The van der Waals surface area contributed by atoms with E-state index >= 15 is 0 Å². The van der Waals surface area contributed by atoms with Crippen LogP contribution in [0.4, 0.5) is 10.1 Å². The second kappa shape index (κ2) is 7.73. The lowest BCUT2D eigenvalue weighted by atomic mass is 10.2. The van der Waals surface area contributed by atoms with Crippen molar-refractivity contribution in [1.82, 2.24) is 0 Å². The first-order valence-corrected chi connectivity index (χ1v) is 6.59. The Hall–Kier alpha value is -2.95. The molecule has 0 aromatic heterocycles. The molecule has 0 heterocycles. The summed E-state index contributed by atoms with van der Waals surface area (Å²) in [5.41, 5.74) is 0.888. The van der Waals surface area contributed by atoms with Gasteiger partial charge in [-0.2, -0.15) is 0 Å². The molecule has 112 valence electrons. The van der Waals surface area contributed by atoms with E-state index in [-0.39, 0.29) is 5.69 Å². The quantitative estimate of drug-likeness (QED) is 0.682. The van der Waals surface area contributed by atoms with Gasteiger partial charge in [-0.05, 0) is 23.8 Å². The highest BCUT2D eigenvalue weighted by Gasteiger charge is 2.08. The average Bonchev–Trinajstić information content (AvgIpc) is 2.54. The van der Waals surface area contributed by atoms with Gasteiger partial charge in [-0.3, -0.25) is 4.79 Å². The van der Waals surface area contributed by atoms with Gasteiger partial charge in [0.05, 0.1) is 5.69 Å². The summed E-state index contributed by atoms with van der Waals surface area (Å²) in [7, 11) is 0. The fraction of sp³-hybridized carbons (Fsp3) is 0.0588. The summed E-state index contributed by atoms with van der Waals surface area (Å²) in [4.78, 5) is 23.0. The minimum atomic E-state index is -0.646. The van der Waals surface area contributed by atoms with Gasteiger partial charge in [0.25, 0.3) is 5.91 Å². The first kappa shape index (κ1) is 15.4. The number of hydrogen-bond acceptors (Lipinski definition) is 3. The highest BCUT2D eigenvalue weighted by molar-refractivity contribution is 5.94. The van der Waals surface area contributed by atoms with E-state index in [1.54, 1.807) is 12.1 Å². The third-order valence-corrected chi connectivity index (χ3v) is 2.70. The van der Waals surface area contributed by atoms with Crippen LogP contribution in [0.3, 0.4) is 0 Å². The van der Waals surface area contributed by atoms with Crippen LogP contribution in [0, 0.1) is 5.82 Å². The number of hydrogen-bond donors (Lipinski definition) is 1. The first-order chi connectivity index (χ1) is 10.6. The van der Waals surface area contributed by atoms with Gasteiger partial charge < -0.3 is 10.1 Å². The van der Waals surface area contributed by atoms with Crippen LogP contribution in [0.15, 0.2) is 60.7 Å². The molecule has 1 N–H and O–H groups in total. The lowest BCUT2D eigenvalue weighted by molar-refractivity contribution is -0.142. The van der Waals surface area contributed by atoms with Crippen LogP contribution in [0.1, 0.15) is 5.56 Å². The van der Waals surface area contributed by atoms with E-state index in [2.05, 4.69) is 5.32 Å². The molecule has 0 saturated heterocycles. The normalized spacial score (nSPS) is 10.4. The summed E-state index contributed by atoms with van der Waals surface area (Å²) in [6.07, 6.45) is 2.81. The molecule has 0 atom stereocenters. The zero-order valence-electron chi connectivity index (χ0n) is 11.7. The Labute approximate surface area is 127 Å². The van der Waals surface area contributed by atoms with Crippen molar-refractivity contribution < 1.29 is 18.7 Å². The van der Waals surface area contributed by atoms with Crippen LogP contribution in [0.2, 0.25) is 0 Å². The lowest BCUT2D eigenvalue weighted by Gasteiger charge is -2.06. The van der Waals surface area contributed by atoms with Crippen molar-refractivity contribution in [3.8, 4) is 0 Å². The maximum Gasteiger partial charge on any atom is 0.331 e. The monoisotopic (exact) mass is 299 g/mol. The first-order valence-electron chi connectivity index (χ1n) is 6.59. The smallest absolute Gasteiger partial charge is 0.331 e. The minimum absolute atomic E-state index is 0.0448. The predicted octanol–water partition coefficient (Wildman–Crippen LogP) is 3.02. The molecular weight excluding hydrogens is 285 g/mol. The van der Waals surface area contributed by atoms with Crippen LogP contribution < -0.4 is 5.32 Å². The van der Waals surface area contributed by atoms with E-state index in [0.29, 0.717) is 0 Å². The van der Waals surface area contributed by atoms with E-state index in [4.69, 9.17) is 4.74 Å². The van der Waals surface area contributed by atoms with Gasteiger partial charge in [0.1, 0.15) is 5.82 Å². The van der Waals surface area contributed by atoms with Gasteiger partial charge in [-0.25, -0.2) is 9.18 Å². The largest absolute Gasteiger partial charge is 0.452 e. The second-order valence-corrected chi connectivity index (χ2v) is 4.38. The molecular formula is C17H14FNO3. The van der Waals surface area contributed by atoms with Crippen molar-refractivity contribution in [2.45, 2.75) is 0 Å². The molecule has 5 heteroatoms. The van der Waals surface area contributed by atoms with Gasteiger partial charge in [0.2, 0.25) is 0 Å². The number of esters is 1. The van der Waals surface area contributed by atoms with Gasteiger partial charge >= 0.3 is 5.97 Å². The number of ether oxygens (including phenoxy) is 1. The number of para-hydroxylation sites is 1. The van der Waals surface area contributed by atoms with Crippen LogP contribution in [0.25, 0.3) is 6.08 Å².